The predicted octanol–water partition coefficient (Wildman–Crippen LogP) is 4.37. The van der Waals surface area contributed by atoms with E-state index in [-0.39, 0.29) is 0 Å². The normalized spacial score (nSPS) is 7.93. The molecular formula is C13H24O. The van der Waals surface area contributed by atoms with Crippen molar-refractivity contribution in [2.24, 2.45) is 0 Å². The van der Waals surface area contributed by atoms with Crippen LogP contribution in [0.5, 0.6) is 5.75 Å². The molecule has 1 aromatic carbocycles. The van der Waals surface area contributed by atoms with Crippen molar-refractivity contribution in [1.82, 2.24) is 0 Å². The SMILES string of the molecule is CC.CC.Cc1cc(C)c(C)c(O)c1. The third-order valence-corrected chi connectivity index (χ3v) is 1.78. The number of phenolic OH excluding ortho intramolecular Hbond substituents is 1. The molecule has 0 heterocycles. The van der Waals surface area contributed by atoms with Crippen molar-refractivity contribution in [3.63, 3.8) is 0 Å². The van der Waals surface area contributed by atoms with Gasteiger partial charge in [-0.2, -0.15) is 0 Å². The first-order valence-electron chi connectivity index (χ1n) is 5.38. The van der Waals surface area contributed by atoms with Crippen LogP contribution in [0.4, 0.5) is 0 Å². The largest absolute Gasteiger partial charge is 0.508 e. The van der Waals surface area contributed by atoms with Gasteiger partial charge in [-0.25, -0.2) is 0 Å². The second kappa shape index (κ2) is 8.61. The molecule has 1 N–H and O–H groups in total. The third-order valence-electron chi connectivity index (χ3n) is 1.78. The number of aryl methyl sites for hydroxylation is 2. The highest BCUT2D eigenvalue weighted by atomic mass is 16.3. The van der Waals surface area contributed by atoms with E-state index in [1.807, 2.05) is 48.5 Å². The molecule has 0 amide bonds. The van der Waals surface area contributed by atoms with Crippen LogP contribution in [0.25, 0.3) is 0 Å². The third kappa shape index (κ3) is 4.90. The maximum absolute atomic E-state index is 9.28. The van der Waals surface area contributed by atoms with Gasteiger partial charge >= 0.3 is 0 Å². The molecule has 0 radical (unpaired) electrons. The number of hydrogen-bond acceptors (Lipinski definition) is 1. The molecular weight excluding hydrogens is 172 g/mol. The van der Waals surface area contributed by atoms with Crippen LogP contribution < -0.4 is 0 Å². The topological polar surface area (TPSA) is 20.2 Å². The van der Waals surface area contributed by atoms with Gasteiger partial charge in [-0.15, -0.1) is 0 Å². The lowest BCUT2D eigenvalue weighted by Gasteiger charge is -2.03. The summed E-state index contributed by atoms with van der Waals surface area (Å²) in [4.78, 5) is 0. The minimum Gasteiger partial charge on any atom is -0.508 e. The molecule has 0 fully saturated rings. The van der Waals surface area contributed by atoms with E-state index in [0.29, 0.717) is 5.75 Å². The van der Waals surface area contributed by atoms with Crippen LogP contribution in [0.2, 0.25) is 0 Å². The van der Waals surface area contributed by atoms with E-state index in [0.717, 1.165) is 16.7 Å². The molecule has 1 aromatic rings. The van der Waals surface area contributed by atoms with Gasteiger partial charge in [-0.1, -0.05) is 33.8 Å². The van der Waals surface area contributed by atoms with Crippen molar-refractivity contribution in [2.75, 3.05) is 0 Å². The monoisotopic (exact) mass is 196 g/mol. The Hall–Kier alpha value is -0.980. The lowest BCUT2D eigenvalue weighted by molar-refractivity contribution is 0.470. The van der Waals surface area contributed by atoms with Crippen LogP contribution in [-0.4, -0.2) is 5.11 Å². The Morgan fingerprint density at radius 1 is 0.857 bits per heavy atom. The van der Waals surface area contributed by atoms with E-state index in [4.69, 9.17) is 0 Å². The highest BCUT2D eigenvalue weighted by Crippen LogP contribution is 2.20. The minimum absolute atomic E-state index is 0.400. The average Bonchev–Trinajstić information content (AvgIpc) is 2.20. The average molecular weight is 196 g/mol. The van der Waals surface area contributed by atoms with Crippen molar-refractivity contribution in [3.8, 4) is 5.75 Å². The number of benzene rings is 1. The predicted molar refractivity (Wildman–Crippen MR) is 65.0 cm³/mol. The fourth-order valence-electron chi connectivity index (χ4n) is 1.02. The molecule has 0 aromatic heterocycles. The Labute approximate surface area is 88.8 Å². The van der Waals surface area contributed by atoms with Gasteiger partial charge in [0.2, 0.25) is 0 Å². The molecule has 1 nitrogen and oxygen atoms in total. The summed E-state index contributed by atoms with van der Waals surface area (Å²) in [6.45, 7) is 13.9. The molecule has 0 spiro atoms. The van der Waals surface area contributed by atoms with E-state index in [9.17, 15) is 5.11 Å². The lowest BCUT2D eigenvalue weighted by Crippen LogP contribution is -1.82. The fourth-order valence-corrected chi connectivity index (χ4v) is 1.02. The summed E-state index contributed by atoms with van der Waals surface area (Å²) < 4.78 is 0. The van der Waals surface area contributed by atoms with Crippen LogP contribution in [0.15, 0.2) is 12.1 Å². The Balaban J connectivity index is 0. The highest BCUT2D eigenvalue weighted by Gasteiger charge is 1.98. The van der Waals surface area contributed by atoms with Crippen LogP contribution in [0.3, 0.4) is 0 Å². The Morgan fingerprint density at radius 3 is 1.64 bits per heavy atom. The summed E-state index contributed by atoms with van der Waals surface area (Å²) in [6, 6.07) is 3.84. The van der Waals surface area contributed by atoms with Gasteiger partial charge in [0.05, 0.1) is 0 Å². The van der Waals surface area contributed by atoms with Gasteiger partial charge in [0.1, 0.15) is 5.75 Å². The van der Waals surface area contributed by atoms with Crippen molar-refractivity contribution < 1.29 is 5.11 Å². The van der Waals surface area contributed by atoms with Crippen LogP contribution in [0.1, 0.15) is 44.4 Å². The van der Waals surface area contributed by atoms with E-state index >= 15 is 0 Å². The zero-order valence-electron chi connectivity index (χ0n) is 10.6. The molecule has 0 unspecified atom stereocenters. The zero-order valence-corrected chi connectivity index (χ0v) is 10.6. The van der Waals surface area contributed by atoms with Gasteiger partial charge in [-0.3, -0.25) is 0 Å². The van der Waals surface area contributed by atoms with Crippen molar-refractivity contribution in [1.29, 1.82) is 0 Å². The summed E-state index contributed by atoms with van der Waals surface area (Å²) in [5, 5.41) is 9.28. The van der Waals surface area contributed by atoms with Crippen LogP contribution in [0, 0.1) is 20.8 Å². The van der Waals surface area contributed by atoms with Crippen LogP contribution in [-0.2, 0) is 0 Å². The number of rotatable bonds is 0. The summed E-state index contributed by atoms with van der Waals surface area (Å²) >= 11 is 0. The fraction of sp³-hybridized carbons (Fsp3) is 0.538. The molecule has 0 saturated carbocycles. The van der Waals surface area contributed by atoms with Gasteiger partial charge in [0.25, 0.3) is 0 Å². The first kappa shape index (κ1) is 15.5. The highest BCUT2D eigenvalue weighted by molar-refractivity contribution is 5.40. The number of phenols is 1. The smallest absolute Gasteiger partial charge is 0.119 e. The second-order valence-corrected chi connectivity index (χ2v) is 2.73. The molecule has 0 aliphatic carbocycles. The molecule has 0 bridgehead atoms. The molecule has 1 heteroatoms. The quantitative estimate of drug-likeness (QED) is 0.653. The first-order valence-corrected chi connectivity index (χ1v) is 5.38. The minimum atomic E-state index is 0.400. The maximum Gasteiger partial charge on any atom is 0.119 e. The van der Waals surface area contributed by atoms with Gasteiger partial charge in [0, 0.05) is 0 Å². The second-order valence-electron chi connectivity index (χ2n) is 2.73. The van der Waals surface area contributed by atoms with Gasteiger partial charge in [-0.05, 0) is 43.5 Å². The van der Waals surface area contributed by atoms with Gasteiger partial charge < -0.3 is 5.11 Å². The van der Waals surface area contributed by atoms with E-state index in [2.05, 4.69) is 6.07 Å². The summed E-state index contributed by atoms with van der Waals surface area (Å²) in [5.41, 5.74) is 3.24. The maximum atomic E-state index is 9.28. The number of aromatic hydroxyl groups is 1. The van der Waals surface area contributed by atoms with Crippen LogP contribution >= 0.6 is 0 Å². The van der Waals surface area contributed by atoms with Crippen molar-refractivity contribution in [3.05, 3.63) is 28.8 Å². The van der Waals surface area contributed by atoms with Crippen molar-refractivity contribution >= 4 is 0 Å². The lowest BCUT2D eigenvalue weighted by atomic mass is 10.1. The Morgan fingerprint density at radius 2 is 1.29 bits per heavy atom. The Bertz CT molecular complexity index is 228. The van der Waals surface area contributed by atoms with E-state index < -0.39 is 0 Å². The van der Waals surface area contributed by atoms with Gasteiger partial charge in [0.15, 0.2) is 0 Å². The molecule has 14 heavy (non-hydrogen) atoms. The molecule has 0 saturated heterocycles. The van der Waals surface area contributed by atoms with E-state index in [1.165, 1.54) is 0 Å². The van der Waals surface area contributed by atoms with E-state index in [1.54, 1.807) is 6.07 Å². The standard InChI is InChI=1S/C9H12O.2C2H6/c1-6-4-7(2)8(3)9(10)5-6;2*1-2/h4-5,10H,1-3H3;2*1-2H3. The summed E-state index contributed by atoms with van der Waals surface area (Å²) in [5.74, 6) is 0.400. The molecule has 0 aliphatic rings. The molecule has 0 atom stereocenters. The first-order chi connectivity index (χ1) is 6.61. The zero-order chi connectivity index (χ0) is 11.7. The summed E-state index contributed by atoms with van der Waals surface area (Å²) in [6.07, 6.45) is 0. The van der Waals surface area contributed by atoms with Crippen molar-refractivity contribution in [2.45, 2.75) is 48.5 Å². The summed E-state index contributed by atoms with van der Waals surface area (Å²) in [7, 11) is 0. The molecule has 1 rings (SSSR count). The number of hydrogen-bond donors (Lipinski definition) is 1. The molecule has 0 aliphatic heterocycles. The molecule has 82 valence electrons. The Kier molecular flexibility index (Phi) is 9.53.